The van der Waals surface area contributed by atoms with E-state index in [1.807, 2.05) is 12.1 Å². The number of nitrogens with zero attached hydrogens (tertiary/aromatic N) is 2. The molecule has 7 heteroatoms. The fourth-order valence-corrected chi connectivity index (χ4v) is 3.67. The van der Waals surface area contributed by atoms with Crippen molar-refractivity contribution in [3.63, 3.8) is 0 Å². The summed E-state index contributed by atoms with van der Waals surface area (Å²) in [6, 6.07) is 13.9. The lowest BCUT2D eigenvalue weighted by Crippen LogP contribution is -2.36. The number of carbonyl (C=O) groups is 1. The first-order chi connectivity index (χ1) is 14.8. The van der Waals surface area contributed by atoms with Crippen LogP contribution in [0, 0.1) is 11.8 Å². The van der Waals surface area contributed by atoms with Gasteiger partial charge in [-0.1, -0.05) is 29.7 Å². The van der Waals surface area contributed by atoms with E-state index < -0.39 is 11.7 Å². The van der Waals surface area contributed by atoms with E-state index in [0.29, 0.717) is 30.2 Å². The fraction of sp³-hybridized carbons (Fsp3) is 0.167. The topological polar surface area (TPSA) is 33.2 Å². The van der Waals surface area contributed by atoms with Crippen molar-refractivity contribution in [1.82, 2.24) is 9.88 Å². The molecule has 31 heavy (non-hydrogen) atoms. The van der Waals surface area contributed by atoms with Crippen molar-refractivity contribution in [2.45, 2.75) is 19.1 Å². The van der Waals surface area contributed by atoms with E-state index in [1.54, 1.807) is 29.2 Å². The minimum absolute atomic E-state index is 0.156. The lowest BCUT2D eigenvalue weighted by Gasteiger charge is -2.29. The highest BCUT2D eigenvalue weighted by atomic mass is 35.5. The number of alkyl halides is 3. The summed E-state index contributed by atoms with van der Waals surface area (Å²) >= 11 is 6.06. The first-order valence-corrected chi connectivity index (χ1v) is 9.90. The number of rotatable bonds is 1. The fourth-order valence-electron chi connectivity index (χ4n) is 3.48. The van der Waals surface area contributed by atoms with Gasteiger partial charge in [-0.25, -0.2) is 4.98 Å². The monoisotopic (exact) mass is 440 g/mol. The Hall–Kier alpha value is -3.30. The van der Waals surface area contributed by atoms with Crippen molar-refractivity contribution < 1.29 is 18.0 Å². The molecule has 0 N–H and O–H groups in total. The molecule has 4 rings (SSSR count). The minimum atomic E-state index is -4.59. The molecule has 3 nitrogen and oxygen atoms in total. The molecule has 0 saturated carbocycles. The maximum Gasteiger partial charge on any atom is 0.417 e. The first kappa shape index (κ1) is 21.0. The summed E-state index contributed by atoms with van der Waals surface area (Å²) in [5.41, 5.74) is 1.41. The Morgan fingerprint density at radius 2 is 1.87 bits per heavy atom. The molecule has 0 saturated heterocycles. The van der Waals surface area contributed by atoms with E-state index in [9.17, 15) is 18.0 Å². The molecule has 2 heterocycles. The highest BCUT2D eigenvalue weighted by Gasteiger charge is 2.34. The number of carbonyl (C=O) groups excluding carboxylic acids is 1. The van der Waals surface area contributed by atoms with Crippen molar-refractivity contribution >= 4 is 17.5 Å². The van der Waals surface area contributed by atoms with E-state index in [4.69, 9.17) is 11.6 Å². The summed E-state index contributed by atoms with van der Waals surface area (Å²) < 4.78 is 40.4. The van der Waals surface area contributed by atoms with Crippen LogP contribution >= 0.6 is 11.6 Å². The van der Waals surface area contributed by atoms with E-state index in [-0.39, 0.29) is 17.0 Å². The molecule has 0 spiro atoms. The van der Waals surface area contributed by atoms with Crippen molar-refractivity contribution in [3.05, 3.63) is 99.3 Å². The average molecular weight is 441 g/mol. The normalized spacial score (nSPS) is 13.2. The number of hydrogen-bond donors (Lipinski definition) is 0. The van der Waals surface area contributed by atoms with Gasteiger partial charge >= 0.3 is 6.18 Å². The van der Waals surface area contributed by atoms with Gasteiger partial charge in [-0.15, -0.1) is 0 Å². The van der Waals surface area contributed by atoms with Crippen molar-refractivity contribution in [2.75, 3.05) is 6.54 Å². The zero-order valence-corrected chi connectivity index (χ0v) is 17.0. The first-order valence-electron chi connectivity index (χ1n) is 9.52. The Labute approximate surface area is 182 Å². The zero-order valence-electron chi connectivity index (χ0n) is 16.2. The highest BCUT2D eigenvalue weighted by Crippen LogP contribution is 2.33. The van der Waals surface area contributed by atoms with Gasteiger partial charge in [0.25, 0.3) is 5.91 Å². The molecule has 2 aromatic carbocycles. The summed E-state index contributed by atoms with van der Waals surface area (Å²) in [5, 5.41) is 0.578. The van der Waals surface area contributed by atoms with Crippen LogP contribution in [0.25, 0.3) is 0 Å². The number of benzene rings is 2. The smallest absolute Gasteiger partial charge is 0.334 e. The van der Waals surface area contributed by atoms with Crippen LogP contribution in [0.1, 0.15) is 38.3 Å². The second-order valence-corrected chi connectivity index (χ2v) is 7.55. The summed E-state index contributed by atoms with van der Waals surface area (Å²) in [5.74, 6) is 4.83. The number of halogens is 4. The number of fused-ring (bicyclic) bond motifs is 1. The van der Waals surface area contributed by atoms with Gasteiger partial charge in [0.2, 0.25) is 0 Å². The number of pyridine rings is 1. The Bertz CT molecular complexity index is 1200. The molecule has 1 aliphatic heterocycles. The molecule has 0 aliphatic carbocycles. The van der Waals surface area contributed by atoms with Crippen molar-refractivity contribution in [2.24, 2.45) is 0 Å². The third-order valence-electron chi connectivity index (χ3n) is 5.03. The second-order valence-electron chi connectivity index (χ2n) is 7.11. The summed E-state index contributed by atoms with van der Waals surface area (Å²) in [6.45, 7) is 0.828. The number of hydrogen-bond acceptors (Lipinski definition) is 2. The van der Waals surface area contributed by atoms with Crippen LogP contribution < -0.4 is 0 Å². The molecule has 0 radical (unpaired) electrons. The van der Waals surface area contributed by atoms with Crippen LogP contribution in [0.2, 0.25) is 5.02 Å². The molecule has 0 bridgehead atoms. The third-order valence-corrected chi connectivity index (χ3v) is 5.26. The lowest BCUT2D eigenvalue weighted by molar-refractivity contribution is -0.137. The van der Waals surface area contributed by atoms with Crippen LogP contribution in [0.3, 0.4) is 0 Å². The average Bonchev–Trinajstić information content (AvgIpc) is 2.76. The van der Waals surface area contributed by atoms with E-state index >= 15 is 0 Å². The van der Waals surface area contributed by atoms with Gasteiger partial charge in [-0.05, 0) is 65.9 Å². The number of aromatic nitrogens is 1. The van der Waals surface area contributed by atoms with Gasteiger partial charge in [-0.3, -0.25) is 4.79 Å². The second kappa shape index (κ2) is 8.44. The maximum atomic E-state index is 13.5. The van der Waals surface area contributed by atoms with Crippen LogP contribution in [0.15, 0.2) is 60.8 Å². The molecular weight excluding hydrogens is 425 g/mol. The standard InChI is InChI=1S/C24H16ClF3N2O/c25-20-7-4-16-10-12-30(15-19(16)14-20)23(31)18-6-9-22(24(26,27)28)17(13-18)5-8-21-3-1-2-11-29-21/h1-4,6-7,9,11,13-14H,10,12,15H2. The summed E-state index contributed by atoms with van der Waals surface area (Å²) in [7, 11) is 0. The highest BCUT2D eigenvalue weighted by molar-refractivity contribution is 6.30. The van der Waals surface area contributed by atoms with Crippen LogP contribution in [0.4, 0.5) is 13.2 Å². The van der Waals surface area contributed by atoms with Gasteiger partial charge in [-0.2, -0.15) is 13.2 Å². The molecule has 0 unspecified atom stereocenters. The molecule has 1 aromatic heterocycles. The molecule has 0 fully saturated rings. The molecule has 0 atom stereocenters. The quantitative estimate of drug-likeness (QED) is 0.478. The van der Waals surface area contributed by atoms with E-state index in [0.717, 1.165) is 17.2 Å². The number of amides is 1. The summed E-state index contributed by atoms with van der Waals surface area (Å²) in [4.78, 5) is 18.6. The third kappa shape index (κ3) is 4.73. The minimum Gasteiger partial charge on any atom is -0.334 e. The van der Waals surface area contributed by atoms with Crippen LogP contribution in [0.5, 0.6) is 0 Å². The molecule has 156 valence electrons. The van der Waals surface area contributed by atoms with E-state index in [1.165, 1.54) is 18.3 Å². The van der Waals surface area contributed by atoms with Crippen LogP contribution in [-0.2, 0) is 19.1 Å². The molecule has 1 amide bonds. The Kier molecular flexibility index (Phi) is 5.71. The largest absolute Gasteiger partial charge is 0.417 e. The predicted molar refractivity (Wildman–Crippen MR) is 112 cm³/mol. The molecule has 1 aliphatic rings. The van der Waals surface area contributed by atoms with Crippen LogP contribution in [-0.4, -0.2) is 22.3 Å². The molecule has 3 aromatic rings. The van der Waals surface area contributed by atoms with Crippen molar-refractivity contribution in [1.29, 1.82) is 0 Å². The van der Waals surface area contributed by atoms with Gasteiger partial charge < -0.3 is 4.90 Å². The van der Waals surface area contributed by atoms with Gasteiger partial charge in [0.1, 0.15) is 5.69 Å². The Balaban J connectivity index is 1.66. The SMILES string of the molecule is O=C(c1ccc(C(F)(F)F)c(C#Cc2ccccn2)c1)N1CCc2ccc(Cl)cc2C1. The van der Waals surface area contributed by atoms with Gasteiger partial charge in [0, 0.05) is 35.4 Å². The maximum absolute atomic E-state index is 13.5. The van der Waals surface area contributed by atoms with E-state index in [2.05, 4.69) is 16.8 Å². The lowest BCUT2D eigenvalue weighted by atomic mass is 9.98. The Morgan fingerprint density at radius 3 is 2.61 bits per heavy atom. The predicted octanol–water partition coefficient (Wildman–Crippen LogP) is 5.35. The summed E-state index contributed by atoms with van der Waals surface area (Å²) in [6.07, 6.45) is -2.42. The zero-order chi connectivity index (χ0) is 22.0. The van der Waals surface area contributed by atoms with Crippen molar-refractivity contribution in [3.8, 4) is 11.8 Å². The van der Waals surface area contributed by atoms with Gasteiger partial charge in [0.05, 0.1) is 5.56 Å². The van der Waals surface area contributed by atoms with Gasteiger partial charge in [0.15, 0.2) is 0 Å². The molecular formula is C24H16ClF3N2O. The Morgan fingerprint density at radius 1 is 1.03 bits per heavy atom.